The molecule has 0 unspecified atom stereocenters. The molecule has 0 spiro atoms. The molecule has 5 heteroatoms. The number of nitrogens with one attached hydrogen (secondary N) is 1. The molecule has 0 atom stereocenters. The van der Waals surface area contributed by atoms with Gasteiger partial charge in [0.15, 0.2) is 0 Å². The van der Waals surface area contributed by atoms with Gasteiger partial charge in [-0.25, -0.2) is 4.39 Å². The van der Waals surface area contributed by atoms with Crippen LogP contribution in [-0.2, 0) is 6.54 Å². The van der Waals surface area contributed by atoms with Gasteiger partial charge in [0, 0.05) is 57.4 Å². The fourth-order valence-electron chi connectivity index (χ4n) is 2.82. The van der Waals surface area contributed by atoms with Crippen LogP contribution in [0, 0.1) is 17.1 Å². The third kappa shape index (κ3) is 2.83. The summed E-state index contributed by atoms with van der Waals surface area (Å²) in [5.74, 6) is -0.213. The summed E-state index contributed by atoms with van der Waals surface area (Å²) < 4.78 is 13.8. The highest BCUT2D eigenvalue weighted by molar-refractivity contribution is 5.33. The van der Waals surface area contributed by atoms with E-state index in [1.54, 1.807) is 6.07 Å². The van der Waals surface area contributed by atoms with Crippen LogP contribution in [0.3, 0.4) is 0 Å². The first-order valence-electron chi connectivity index (χ1n) is 7.12. The second kappa shape index (κ2) is 5.88. The quantitative estimate of drug-likeness (QED) is 0.885. The summed E-state index contributed by atoms with van der Waals surface area (Å²) in [4.78, 5) is 4.78. The molecular formula is C15H19FN4. The average Bonchev–Trinajstić information content (AvgIpc) is 2.41. The van der Waals surface area contributed by atoms with Crippen molar-refractivity contribution in [2.24, 2.45) is 0 Å². The Kier molecular flexibility index (Phi) is 3.97. The van der Waals surface area contributed by atoms with Crippen LogP contribution in [0.1, 0.15) is 11.1 Å². The Balaban J connectivity index is 1.58. The van der Waals surface area contributed by atoms with E-state index >= 15 is 0 Å². The van der Waals surface area contributed by atoms with Gasteiger partial charge in [-0.3, -0.25) is 9.80 Å². The zero-order valence-corrected chi connectivity index (χ0v) is 11.5. The maximum atomic E-state index is 13.8. The maximum Gasteiger partial charge on any atom is 0.127 e. The van der Waals surface area contributed by atoms with Crippen molar-refractivity contribution in [1.82, 2.24) is 15.1 Å². The fraction of sp³-hybridized carbons (Fsp3) is 0.533. The summed E-state index contributed by atoms with van der Waals surface area (Å²) in [7, 11) is 0. The maximum absolute atomic E-state index is 13.8. The van der Waals surface area contributed by atoms with Crippen LogP contribution in [0.25, 0.3) is 0 Å². The van der Waals surface area contributed by atoms with Crippen molar-refractivity contribution in [1.29, 1.82) is 5.26 Å². The fourth-order valence-corrected chi connectivity index (χ4v) is 2.82. The van der Waals surface area contributed by atoms with E-state index in [-0.39, 0.29) is 5.82 Å². The highest BCUT2D eigenvalue weighted by Gasteiger charge is 2.27. The number of hydrogen-bond donors (Lipinski definition) is 1. The van der Waals surface area contributed by atoms with E-state index in [9.17, 15) is 4.39 Å². The van der Waals surface area contributed by atoms with Crippen LogP contribution in [-0.4, -0.2) is 55.1 Å². The molecule has 2 aliphatic rings. The Morgan fingerprint density at radius 3 is 2.60 bits per heavy atom. The molecule has 0 aromatic heterocycles. The van der Waals surface area contributed by atoms with Gasteiger partial charge in [-0.2, -0.15) is 5.26 Å². The molecule has 1 aromatic rings. The largest absolute Gasteiger partial charge is 0.314 e. The number of benzene rings is 1. The minimum atomic E-state index is -0.213. The minimum Gasteiger partial charge on any atom is -0.314 e. The molecule has 0 radical (unpaired) electrons. The van der Waals surface area contributed by atoms with Crippen molar-refractivity contribution in [3.63, 3.8) is 0 Å². The van der Waals surface area contributed by atoms with Crippen molar-refractivity contribution < 1.29 is 4.39 Å². The second-order valence-electron chi connectivity index (χ2n) is 5.54. The van der Waals surface area contributed by atoms with Gasteiger partial charge in [-0.15, -0.1) is 0 Å². The van der Waals surface area contributed by atoms with Crippen molar-refractivity contribution in [2.75, 3.05) is 39.3 Å². The molecule has 0 aliphatic carbocycles. The SMILES string of the molecule is N#Cc1ccc(F)c(CN2CCN(C3CNC3)CC2)c1. The molecule has 1 N–H and O–H groups in total. The molecule has 2 fully saturated rings. The molecule has 3 rings (SSSR count). The number of piperazine rings is 1. The molecule has 2 heterocycles. The Morgan fingerprint density at radius 2 is 2.00 bits per heavy atom. The van der Waals surface area contributed by atoms with E-state index in [1.165, 1.54) is 12.1 Å². The monoisotopic (exact) mass is 274 g/mol. The molecule has 20 heavy (non-hydrogen) atoms. The van der Waals surface area contributed by atoms with Crippen LogP contribution in [0.5, 0.6) is 0 Å². The smallest absolute Gasteiger partial charge is 0.127 e. The topological polar surface area (TPSA) is 42.3 Å². The predicted molar refractivity (Wildman–Crippen MR) is 74.6 cm³/mol. The van der Waals surface area contributed by atoms with Crippen molar-refractivity contribution in [2.45, 2.75) is 12.6 Å². The lowest BCUT2D eigenvalue weighted by atomic mass is 10.1. The Hall–Kier alpha value is -1.48. The van der Waals surface area contributed by atoms with E-state index in [1.807, 2.05) is 0 Å². The number of halogens is 1. The number of rotatable bonds is 3. The van der Waals surface area contributed by atoms with Gasteiger partial charge in [0.1, 0.15) is 5.82 Å². The lowest BCUT2D eigenvalue weighted by molar-refractivity contribution is 0.0691. The third-order valence-electron chi connectivity index (χ3n) is 4.25. The van der Waals surface area contributed by atoms with Gasteiger partial charge in [0.05, 0.1) is 11.6 Å². The Bertz CT molecular complexity index is 513. The molecule has 2 aliphatic heterocycles. The van der Waals surface area contributed by atoms with Gasteiger partial charge in [-0.1, -0.05) is 0 Å². The molecule has 1 aromatic carbocycles. The first kappa shape index (κ1) is 13.5. The summed E-state index contributed by atoms with van der Waals surface area (Å²) in [6.45, 7) is 6.81. The summed E-state index contributed by atoms with van der Waals surface area (Å²) in [6.07, 6.45) is 0. The first-order chi connectivity index (χ1) is 9.76. The summed E-state index contributed by atoms with van der Waals surface area (Å²) in [6, 6.07) is 7.34. The second-order valence-corrected chi connectivity index (χ2v) is 5.54. The molecular weight excluding hydrogens is 255 g/mol. The lowest BCUT2D eigenvalue weighted by Gasteiger charge is -2.43. The first-order valence-corrected chi connectivity index (χ1v) is 7.12. The van der Waals surface area contributed by atoms with Crippen molar-refractivity contribution in [3.05, 3.63) is 35.1 Å². The third-order valence-corrected chi connectivity index (χ3v) is 4.25. The highest BCUT2D eigenvalue weighted by Crippen LogP contribution is 2.15. The van der Waals surface area contributed by atoms with Crippen LogP contribution >= 0.6 is 0 Å². The molecule has 2 saturated heterocycles. The van der Waals surface area contributed by atoms with E-state index in [4.69, 9.17) is 5.26 Å². The summed E-state index contributed by atoms with van der Waals surface area (Å²) in [5.41, 5.74) is 1.16. The standard InChI is InChI=1S/C15H19FN4/c16-15-2-1-12(8-17)7-13(15)11-19-3-5-20(6-4-19)14-9-18-10-14/h1-2,7,14,18H,3-6,9-11H2. The van der Waals surface area contributed by atoms with Gasteiger partial charge in [0.25, 0.3) is 0 Å². The molecule has 106 valence electrons. The van der Waals surface area contributed by atoms with Gasteiger partial charge < -0.3 is 5.32 Å². The zero-order chi connectivity index (χ0) is 13.9. The number of nitriles is 1. The van der Waals surface area contributed by atoms with Gasteiger partial charge >= 0.3 is 0 Å². The zero-order valence-electron chi connectivity index (χ0n) is 11.5. The highest BCUT2D eigenvalue weighted by atomic mass is 19.1. The van der Waals surface area contributed by atoms with Crippen molar-refractivity contribution in [3.8, 4) is 6.07 Å². The van der Waals surface area contributed by atoms with E-state index in [0.29, 0.717) is 23.7 Å². The molecule has 4 nitrogen and oxygen atoms in total. The lowest BCUT2D eigenvalue weighted by Crippen LogP contribution is -2.61. The van der Waals surface area contributed by atoms with Crippen LogP contribution in [0.4, 0.5) is 4.39 Å². The number of hydrogen-bond acceptors (Lipinski definition) is 4. The molecule has 0 amide bonds. The molecule has 0 bridgehead atoms. The number of nitrogens with zero attached hydrogens (tertiary/aromatic N) is 3. The summed E-state index contributed by atoms with van der Waals surface area (Å²) >= 11 is 0. The van der Waals surface area contributed by atoms with Crippen LogP contribution in [0.15, 0.2) is 18.2 Å². The molecule has 0 saturated carbocycles. The van der Waals surface area contributed by atoms with Crippen molar-refractivity contribution >= 4 is 0 Å². The van der Waals surface area contributed by atoms with E-state index in [2.05, 4.69) is 21.2 Å². The van der Waals surface area contributed by atoms with Crippen LogP contribution < -0.4 is 5.32 Å². The Morgan fingerprint density at radius 1 is 1.25 bits per heavy atom. The van der Waals surface area contributed by atoms with Gasteiger partial charge in [0.2, 0.25) is 0 Å². The van der Waals surface area contributed by atoms with E-state index < -0.39 is 0 Å². The predicted octanol–water partition coefficient (Wildman–Crippen LogP) is 0.787. The minimum absolute atomic E-state index is 0.213. The Labute approximate surface area is 118 Å². The van der Waals surface area contributed by atoms with Gasteiger partial charge in [-0.05, 0) is 18.2 Å². The van der Waals surface area contributed by atoms with E-state index in [0.717, 1.165) is 39.3 Å². The normalized spacial score (nSPS) is 21.4. The van der Waals surface area contributed by atoms with Crippen LogP contribution in [0.2, 0.25) is 0 Å². The summed E-state index contributed by atoms with van der Waals surface area (Å²) in [5, 5.41) is 12.2. The average molecular weight is 274 g/mol.